The number of hydrogen-bond acceptors (Lipinski definition) is 2. The number of nitrogens with one attached hydrogen (secondary N) is 1. The van der Waals surface area contributed by atoms with E-state index < -0.39 is 23.8 Å². The van der Waals surface area contributed by atoms with E-state index in [1.165, 1.54) is 13.1 Å². The second-order valence-electron chi connectivity index (χ2n) is 5.51. The molecule has 1 amide bonds. The molecule has 1 N–H and O–H groups in total. The highest BCUT2D eigenvalue weighted by Gasteiger charge is 2.24. The van der Waals surface area contributed by atoms with Gasteiger partial charge < -0.3 is 5.32 Å². The van der Waals surface area contributed by atoms with Gasteiger partial charge in [0.05, 0.1) is 16.3 Å². The smallest absolute Gasteiger partial charge is 0.282 e. The number of anilines is 1. The molecule has 2 aromatic carbocycles. The van der Waals surface area contributed by atoms with E-state index in [4.69, 9.17) is 11.6 Å². The molecule has 0 aliphatic heterocycles. The number of alkyl halides is 2. The van der Waals surface area contributed by atoms with Crippen LogP contribution < -0.4 is 5.32 Å². The topological polar surface area (TPSA) is 46.9 Å². The summed E-state index contributed by atoms with van der Waals surface area (Å²) in [6.07, 6.45) is -1.78. The van der Waals surface area contributed by atoms with Crippen molar-refractivity contribution in [3.63, 3.8) is 0 Å². The van der Waals surface area contributed by atoms with Gasteiger partial charge in [-0.25, -0.2) is 13.2 Å². The number of halogens is 4. The Balaban J connectivity index is 2.05. The summed E-state index contributed by atoms with van der Waals surface area (Å²) in [5.41, 5.74) is -0.172. The zero-order valence-corrected chi connectivity index (χ0v) is 14.3. The predicted octanol–water partition coefficient (Wildman–Crippen LogP) is 5.07. The highest BCUT2D eigenvalue weighted by molar-refractivity contribution is 6.31. The molecule has 0 aliphatic rings. The van der Waals surface area contributed by atoms with E-state index in [-0.39, 0.29) is 16.3 Å². The third-order valence-electron chi connectivity index (χ3n) is 3.73. The third kappa shape index (κ3) is 3.43. The van der Waals surface area contributed by atoms with Gasteiger partial charge in [-0.1, -0.05) is 48.0 Å². The molecule has 0 saturated carbocycles. The molecule has 0 atom stereocenters. The number of aryl methyl sites for hydroxylation is 1. The number of nitrogens with zero attached hydrogens (tertiary/aromatic N) is 2. The lowest BCUT2D eigenvalue weighted by Gasteiger charge is -2.13. The Morgan fingerprint density at radius 2 is 1.88 bits per heavy atom. The van der Waals surface area contributed by atoms with Gasteiger partial charge in [0, 0.05) is 18.8 Å². The maximum Gasteiger partial charge on any atom is 0.282 e. The normalized spacial score (nSPS) is 11.0. The molecular weight excluding hydrogens is 367 g/mol. The summed E-state index contributed by atoms with van der Waals surface area (Å²) >= 11 is 5.83. The van der Waals surface area contributed by atoms with E-state index in [0.717, 1.165) is 10.9 Å². The third-order valence-corrected chi connectivity index (χ3v) is 4.02. The van der Waals surface area contributed by atoms with Crippen LogP contribution in [0.25, 0.3) is 11.1 Å². The number of carbonyl (C=O) groups excluding carboxylic acids is 1. The van der Waals surface area contributed by atoms with Crippen LogP contribution in [0.2, 0.25) is 5.02 Å². The first kappa shape index (κ1) is 18.0. The lowest BCUT2D eigenvalue weighted by molar-refractivity contribution is 0.101. The van der Waals surface area contributed by atoms with Gasteiger partial charge in [0.15, 0.2) is 5.82 Å². The monoisotopic (exact) mass is 379 g/mol. The van der Waals surface area contributed by atoms with Crippen molar-refractivity contribution in [3.8, 4) is 11.1 Å². The van der Waals surface area contributed by atoms with Crippen LogP contribution in [0.5, 0.6) is 0 Å². The first-order valence-corrected chi connectivity index (χ1v) is 7.92. The van der Waals surface area contributed by atoms with Crippen LogP contribution in [0.4, 0.5) is 18.9 Å². The van der Waals surface area contributed by atoms with Gasteiger partial charge in [-0.3, -0.25) is 9.48 Å². The molecule has 8 heteroatoms. The van der Waals surface area contributed by atoms with Crippen molar-refractivity contribution < 1.29 is 18.0 Å². The summed E-state index contributed by atoms with van der Waals surface area (Å²) in [6, 6.07) is 11.7. The Bertz CT molecular complexity index is 958. The lowest BCUT2D eigenvalue weighted by Crippen LogP contribution is -2.15. The molecule has 0 bridgehead atoms. The quantitative estimate of drug-likeness (QED) is 0.688. The first-order chi connectivity index (χ1) is 12.4. The maximum absolute atomic E-state index is 14.6. The molecule has 0 spiro atoms. The van der Waals surface area contributed by atoms with E-state index in [0.29, 0.717) is 11.1 Å². The van der Waals surface area contributed by atoms with Crippen LogP contribution in [-0.2, 0) is 7.05 Å². The summed E-state index contributed by atoms with van der Waals surface area (Å²) in [7, 11) is 1.41. The van der Waals surface area contributed by atoms with Gasteiger partial charge in [0.1, 0.15) is 5.69 Å². The minimum atomic E-state index is -2.94. The fraction of sp³-hybridized carbons (Fsp3) is 0.111. The summed E-state index contributed by atoms with van der Waals surface area (Å²) in [5.74, 6) is -1.74. The van der Waals surface area contributed by atoms with Crippen molar-refractivity contribution in [1.82, 2.24) is 9.78 Å². The minimum absolute atomic E-state index is 0.183. The highest BCUT2D eigenvalue weighted by atomic mass is 35.5. The molecule has 26 heavy (non-hydrogen) atoms. The van der Waals surface area contributed by atoms with Crippen LogP contribution in [0.15, 0.2) is 48.7 Å². The molecular formula is C18H13ClF3N3O. The molecule has 1 heterocycles. The second kappa shape index (κ2) is 7.21. The lowest BCUT2D eigenvalue weighted by atomic mass is 10.0. The molecule has 1 aromatic heterocycles. The molecule has 3 rings (SSSR count). The predicted molar refractivity (Wildman–Crippen MR) is 93.0 cm³/mol. The number of amides is 1. The van der Waals surface area contributed by atoms with Crippen molar-refractivity contribution >= 4 is 23.2 Å². The summed E-state index contributed by atoms with van der Waals surface area (Å²) < 4.78 is 41.8. The van der Waals surface area contributed by atoms with Gasteiger partial charge in [-0.15, -0.1) is 0 Å². The number of carbonyl (C=O) groups is 1. The Labute approximate surface area is 152 Å². The van der Waals surface area contributed by atoms with Gasteiger partial charge in [0.25, 0.3) is 12.3 Å². The molecule has 134 valence electrons. The number of benzene rings is 2. The zero-order chi connectivity index (χ0) is 18.8. The molecule has 0 aliphatic carbocycles. The van der Waals surface area contributed by atoms with Crippen LogP contribution in [0.3, 0.4) is 0 Å². The van der Waals surface area contributed by atoms with Crippen molar-refractivity contribution in [2.45, 2.75) is 6.43 Å². The van der Waals surface area contributed by atoms with E-state index in [1.807, 2.05) is 0 Å². The standard InChI is InChI=1S/C18H13ClF3N3O/c1-25-9-12(16(24-25)17(21)22)18(26)23-15-11(7-8-13(19)14(15)20)10-5-3-2-4-6-10/h2-9,17H,1H3,(H,23,26). The first-order valence-electron chi connectivity index (χ1n) is 7.55. The summed E-state index contributed by atoms with van der Waals surface area (Å²) in [6.45, 7) is 0. The number of rotatable bonds is 4. The second-order valence-corrected chi connectivity index (χ2v) is 5.91. The maximum atomic E-state index is 14.6. The Morgan fingerprint density at radius 1 is 1.19 bits per heavy atom. The largest absolute Gasteiger partial charge is 0.319 e. The Hall–Kier alpha value is -2.80. The van der Waals surface area contributed by atoms with Gasteiger partial charge >= 0.3 is 0 Å². The van der Waals surface area contributed by atoms with Crippen molar-refractivity contribution in [2.75, 3.05) is 5.32 Å². The van der Waals surface area contributed by atoms with Gasteiger partial charge in [0.2, 0.25) is 0 Å². The average Bonchev–Trinajstić information content (AvgIpc) is 3.02. The zero-order valence-electron chi connectivity index (χ0n) is 13.5. The van der Waals surface area contributed by atoms with Gasteiger partial charge in [-0.2, -0.15) is 5.10 Å². The van der Waals surface area contributed by atoms with Crippen LogP contribution in [0, 0.1) is 5.82 Å². The Morgan fingerprint density at radius 3 is 2.54 bits per heavy atom. The van der Waals surface area contributed by atoms with E-state index in [2.05, 4.69) is 10.4 Å². The van der Waals surface area contributed by atoms with Crippen LogP contribution in [0.1, 0.15) is 22.5 Å². The molecule has 0 radical (unpaired) electrons. The van der Waals surface area contributed by atoms with Crippen molar-refractivity contribution in [1.29, 1.82) is 0 Å². The number of hydrogen-bond donors (Lipinski definition) is 1. The summed E-state index contributed by atoms with van der Waals surface area (Å²) in [4.78, 5) is 12.5. The average molecular weight is 380 g/mol. The molecule has 0 fully saturated rings. The molecule has 3 aromatic rings. The van der Waals surface area contributed by atoms with E-state index >= 15 is 0 Å². The highest BCUT2D eigenvalue weighted by Crippen LogP contribution is 2.34. The molecule has 4 nitrogen and oxygen atoms in total. The fourth-order valence-electron chi connectivity index (χ4n) is 2.55. The molecule has 0 unspecified atom stereocenters. The molecule has 0 saturated heterocycles. The SMILES string of the molecule is Cn1cc(C(=O)Nc2c(-c3ccccc3)ccc(Cl)c2F)c(C(F)F)n1. The van der Waals surface area contributed by atoms with Crippen LogP contribution >= 0.6 is 11.6 Å². The Kier molecular flexibility index (Phi) is 4.99. The minimum Gasteiger partial charge on any atom is -0.319 e. The van der Waals surface area contributed by atoms with Crippen molar-refractivity contribution in [3.05, 3.63) is 70.8 Å². The van der Waals surface area contributed by atoms with Crippen LogP contribution in [-0.4, -0.2) is 15.7 Å². The fourth-order valence-corrected chi connectivity index (χ4v) is 2.71. The number of aromatic nitrogens is 2. The van der Waals surface area contributed by atoms with E-state index in [9.17, 15) is 18.0 Å². The van der Waals surface area contributed by atoms with Crippen molar-refractivity contribution in [2.24, 2.45) is 7.05 Å². The van der Waals surface area contributed by atoms with Gasteiger partial charge in [-0.05, 0) is 11.6 Å². The summed E-state index contributed by atoms with van der Waals surface area (Å²) in [5, 5.41) is 5.74. The van der Waals surface area contributed by atoms with E-state index in [1.54, 1.807) is 36.4 Å².